The van der Waals surface area contributed by atoms with Crippen molar-refractivity contribution in [1.29, 1.82) is 0 Å². The van der Waals surface area contributed by atoms with Crippen LogP contribution in [0.5, 0.6) is 5.75 Å². The Labute approximate surface area is 109 Å². The second kappa shape index (κ2) is 5.35. The minimum atomic E-state index is -1.16. The number of ketones is 1. The van der Waals surface area contributed by atoms with Crippen LogP contribution >= 0.6 is 0 Å². The van der Waals surface area contributed by atoms with E-state index in [1.165, 1.54) is 7.11 Å². The molecule has 19 heavy (non-hydrogen) atoms. The Morgan fingerprint density at radius 2 is 1.84 bits per heavy atom. The molecule has 0 aromatic heterocycles. The van der Waals surface area contributed by atoms with Crippen LogP contribution in [-0.2, 0) is 4.79 Å². The standard InChI is InChI=1S/C15H12O4/c1-19-13-8-6-10-4-2-3-5-11(10)15(13)12(16)7-9-14(17)18/h2-9H,1H3,(H,17,18)/b9-7+. The van der Waals surface area contributed by atoms with Gasteiger partial charge in [-0.1, -0.05) is 30.3 Å². The van der Waals surface area contributed by atoms with E-state index in [2.05, 4.69) is 0 Å². The molecule has 1 N–H and O–H groups in total. The molecule has 0 bridgehead atoms. The van der Waals surface area contributed by atoms with Crippen LogP contribution in [0.4, 0.5) is 0 Å². The van der Waals surface area contributed by atoms with Crippen molar-refractivity contribution in [2.45, 2.75) is 0 Å². The lowest BCUT2D eigenvalue weighted by atomic mass is 10.00. The van der Waals surface area contributed by atoms with Crippen molar-refractivity contribution in [2.75, 3.05) is 7.11 Å². The van der Waals surface area contributed by atoms with Crippen molar-refractivity contribution >= 4 is 22.5 Å². The Balaban J connectivity index is 2.62. The summed E-state index contributed by atoms with van der Waals surface area (Å²) in [7, 11) is 1.47. The first kappa shape index (κ1) is 12.8. The highest BCUT2D eigenvalue weighted by molar-refractivity contribution is 6.16. The molecule has 0 saturated carbocycles. The molecule has 0 radical (unpaired) electrons. The molecule has 0 aliphatic carbocycles. The first-order chi connectivity index (χ1) is 9.13. The third-order valence-corrected chi connectivity index (χ3v) is 2.73. The largest absolute Gasteiger partial charge is 0.496 e. The van der Waals surface area contributed by atoms with Gasteiger partial charge in [0, 0.05) is 6.08 Å². The van der Waals surface area contributed by atoms with Gasteiger partial charge in [0.05, 0.1) is 12.7 Å². The Kier molecular flexibility index (Phi) is 3.61. The van der Waals surface area contributed by atoms with Gasteiger partial charge in [-0.25, -0.2) is 4.79 Å². The number of carbonyl (C=O) groups is 2. The van der Waals surface area contributed by atoms with Crippen LogP contribution in [0, 0.1) is 0 Å². The number of carboxylic acids is 1. The van der Waals surface area contributed by atoms with E-state index in [0.29, 0.717) is 11.3 Å². The number of aliphatic carboxylic acids is 1. The van der Waals surface area contributed by atoms with E-state index in [4.69, 9.17) is 9.84 Å². The second-order valence-corrected chi connectivity index (χ2v) is 3.90. The van der Waals surface area contributed by atoms with E-state index in [-0.39, 0.29) is 0 Å². The fourth-order valence-electron chi connectivity index (χ4n) is 1.91. The average Bonchev–Trinajstić information content (AvgIpc) is 2.43. The molecule has 0 saturated heterocycles. The molecule has 96 valence electrons. The number of ether oxygens (including phenoxy) is 1. The van der Waals surface area contributed by atoms with E-state index in [0.717, 1.165) is 22.9 Å². The summed E-state index contributed by atoms with van der Waals surface area (Å²) in [5.41, 5.74) is 0.373. The highest BCUT2D eigenvalue weighted by atomic mass is 16.5. The van der Waals surface area contributed by atoms with Gasteiger partial charge in [-0.15, -0.1) is 0 Å². The van der Waals surface area contributed by atoms with Gasteiger partial charge in [0.25, 0.3) is 0 Å². The topological polar surface area (TPSA) is 63.6 Å². The van der Waals surface area contributed by atoms with Crippen LogP contribution in [0.25, 0.3) is 10.8 Å². The number of benzene rings is 2. The molecular weight excluding hydrogens is 244 g/mol. The zero-order valence-corrected chi connectivity index (χ0v) is 10.3. The monoisotopic (exact) mass is 256 g/mol. The maximum atomic E-state index is 12.1. The van der Waals surface area contributed by atoms with Crippen LogP contribution in [-0.4, -0.2) is 24.0 Å². The van der Waals surface area contributed by atoms with Gasteiger partial charge in [0.15, 0.2) is 5.78 Å². The van der Waals surface area contributed by atoms with Gasteiger partial charge in [0.2, 0.25) is 0 Å². The third kappa shape index (κ3) is 2.63. The van der Waals surface area contributed by atoms with Crippen LogP contribution < -0.4 is 4.74 Å². The van der Waals surface area contributed by atoms with Crippen LogP contribution in [0.2, 0.25) is 0 Å². The molecule has 4 nitrogen and oxygen atoms in total. The van der Waals surface area contributed by atoms with Crippen molar-refractivity contribution < 1.29 is 19.4 Å². The maximum Gasteiger partial charge on any atom is 0.328 e. The minimum absolute atomic E-state index is 0.373. The van der Waals surface area contributed by atoms with Gasteiger partial charge in [-0.3, -0.25) is 4.79 Å². The highest BCUT2D eigenvalue weighted by Gasteiger charge is 2.14. The number of rotatable bonds is 4. The lowest BCUT2D eigenvalue weighted by Gasteiger charge is -2.09. The fraction of sp³-hybridized carbons (Fsp3) is 0.0667. The van der Waals surface area contributed by atoms with Gasteiger partial charge in [0.1, 0.15) is 5.75 Å². The number of hydrogen-bond donors (Lipinski definition) is 1. The van der Waals surface area contributed by atoms with Crippen molar-refractivity contribution in [1.82, 2.24) is 0 Å². The van der Waals surface area contributed by atoms with Gasteiger partial charge >= 0.3 is 5.97 Å². The Hall–Kier alpha value is -2.62. The van der Waals surface area contributed by atoms with Gasteiger partial charge < -0.3 is 9.84 Å². The van der Waals surface area contributed by atoms with Gasteiger partial charge in [-0.2, -0.15) is 0 Å². The zero-order valence-electron chi connectivity index (χ0n) is 10.3. The summed E-state index contributed by atoms with van der Waals surface area (Å²) in [6.45, 7) is 0. The van der Waals surface area contributed by atoms with Crippen molar-refractivity contribution in [3.8, 4) is 5.75 Å². The predicted molar refractivity (Wildman–Crippen MR) is 71.6 cm³/mol. The molecule has 0 fully saturated rings. The predicted octanol–water partition coefficient (Wildman–Crippen LogP) is 2.67. The number of methoxy groups -OCH3 is 1. The summed E-state index contributed by atoms with van der Waals surface area (Å²) in [6, 6.07) is 10.9. The molecule has 0 aliphatic rings. The minimum Gasteiger partial charge on any atom is -0.496 e. The molecule has 0 amide bonds. The molecule has 2 aromatic rings. The fourth-order valence-corrected chi connectivity index (χ4v) is 1.91. The summed E-state index contributed by atoms with van der Waals surface area (Å²) in [5, 5.41) is 10.2. The first-order valence-corrected chi connectivity index (χ1v) is 5.64. The Morgan fingerprint density at radius 3 is 2.53 bits per heavy atom. The van der Waals surface area contributed by atoms with E-state index < -0.39 is 11.8 Å². The summed E-state index contributed by atoms with van der Waals surface area (Å²) in [6.07, 6.45) is 1.86. The number of allylic oxidation sites excluding steroid dienone is 1. The molecule has 2 rings (SSSR count). The first-order valence-electron chi connectivity index (χ1n) is 5.64. The lowest BCUT2D eigenvalue weighted by Crippen LogP contribution is -2.01. The van der Waals surface area contributed by atoms with E-state index in [1.807, 2.05) is 24.3 Å². The quantitative estimate of drug-likeness (QED) is 0.674. The number of hydrogen-bond acceptors (Lipinski definition) is 3. The normalized spacial score (nSPS) is 10.8. The van der Waals surface area contributed by atoms with Crippen molar-refractivity contribution in [3.05, 3.63) is 54.1 Å². The average molecular weight is 256 g/mol. The van der Waals surface area contributed by atoms with E-state index in [1.54, 1.807) is 12.1 Å². The molecule has 4 heteroatoms. The Bertz CT molecular complexity index is 671. The Morgan fingerprint density at radius 1 is 1.11 bits per heavy atom. The summed E-state index contributed by atoms with van der Waals surface area (Å²) in [5.74, 6) is -1.12. The molecule has 2 aromatic carbocycles. The molecule has 0 spiro atoms. The van der Waals surface area contributed by atoms with Crippen LogP contribution in [0.3, 0.4) is 0 Å². The van der Waals surface area contributed by atoms with Crippen LogP contribution in [0.1, 0.15) is 10.4 Å². The molecular formula is C15H12O4. The van der Waals surface area contributed by atoms with Crippen molar-refractivity contribution in [2.24, 2.45) is 0 Å². The molecule has 0 heterocycles. The molecule has 0 aliphatic heterocycles. The highest BCUT2D eigenvalue weighted by Crippen LogP contribution is 2.28. The van der Waals surface area contributed by atoms with Crippen LogP contribution in [0.15, 0.2) is 48.6 Å². The molecule has 0 unspecified atom stereocenters. The number of carboxylic acid groups (broad SMARTS) is 1. The summed E-state index contributed by atoms with van der Waals surface area (Å²) in [4.78, 5) is 22.6. The second-order valence-electron chi connectivity index (χ2n) is 3.90. The summed E-state index contributed by atoms with van der Waals surface area (Å²) >= 11 is 0. The smallest absolute Gasteiger partial charge is 0.328 e. The van der Waals surface area contributed by atoms with Gasteiger partial charge in [-0.05, 0) is 22.9 Å². The van der Waals surface area contributed by atoms with E-state index in [9.17, 15) is 9.59 Å². The SMILES string of the molecule is COc1ccc2ccccc2c1C(=O)/C=C/C(=O)O. The third-order valence-electron chi connectivity index (χ3n) is 2.73. The molecule has 0 atom stereocenters. The number of fused-ring (bicyclic) bond motifs is 1. The zero-order chi connectivity index (χ0) is 13.8. The van der Waals surface area contributed by atoms with E-state index >= 15 is 0 Å². The summed E-state index contributed by atoms with van der Waals surface area (Å²) < 4.78 is 5.18. The van der Waals surface area contributed by atoms with Crippen molar-refractivity contribution in [3.63, 3.8) is 0 Å². The number of carbonyl (C=O) groups excluding carboxylic acids is 1. The lowest BCUT2D eigenvalue weighted by molar-refractivity contribution is -0.131. The maximum absolute atomic E-state index is 12.1.